The molecule has 0 aromatic carbocycles. The third kappa shape index (κ3) is 3.99. The molecule has 0 bridgehead atoms. The van der Waals surface area contributed by atoms with Crippen LogP contribution in [0.25, 0.3) is 0 Å². The fraction of sp³-hybridized carbons (Fsp3) is 0.400. The Bertz CT molecular complexity index is 497. The maximum atomic E-state index is 4.32. The zero-order valence-electron chi connectivity index (χ0n) is 12.1. The summed E-state index contributed by atoms with van der Waals surface area (Å²) in [5, 5.41) is 11.8. The van der Waals surface area contributed by atoms with Gasteiger partial charge in [0.2, 0.25) is 0 Å². The lowest BCUT2D eigenvalue weighted by atomic mass is 10.2. The summed E-state index contributed by atoms with van der Waals surface area (Å²) in [7, 11) is 0. The van der Waals surface area contributed by atoms with E-state index in [0.717, 1.165) is 37.7 Å². The van der Waals surface area contributed by atoms with E-state index in [-0.39, 0.29) is 0 Å². The van der Waals surface area contributed by atoms with E-state index in [4.69, 9.17) is 0 Å². The first-order valence-electron chi connectivity index (χ1n) is 7.00. The Kier molecular flexibility index (Phi) is 5.43. The predicted octanol–water partition coefficient (Wildman–Crippen LogP) is 2.01. The summed E-state index contributed by atoms with van der Waals surface area (Å²) in [6.45, 7) is 7.61. The Balaban J connectivity index is 2.04. The van der Waals surface area contributed by atoms with Crippen LogP contribution in [0.2, 0.25) is 0 Å². The lowest BCUT2D eigenvalue weighted by molar-refractivity contribution is 0.694. The van der Waals surface area contributed by atoms with E-state index in [0.29, 0.717) is 0 Å². The van der Waals surface area contributed by atoms with Gasteiger partial charge in [0.15, 0.2) is 5.82 Å². The molecule has 5 nitrogen and oxygen atoms in total. The lowest BCUT2D eigenvalue weighted by Crippen LogP contribution is -2.23. The Morgan fingerprint density at radius 3 is 2.45 bits per heavy atom. The molecule has 0 unspecified atom stereocenters. The normalized spacial score (nSPS) is 10.5. The number of rotatable bonds is 7. The molecule has 0 aliphatic rings. The van der Waals surface area contributed by atoms with Crippen LogP contribution in [0.4, 0.5) is 5.82 Å². The Morgan fingerprint density at radius 2 is 1.85 bits per heavy atom. The van der Waals surface area contributed by atoms with Crippen molar-refractivity contribution in [1.29, 1.82) is 0 Å². The minimum atomic E-state index is 0.764. The largest absolute Gasteiger partial charge is 0.351 e. The molecule has 5 heteroatoms. The number of hydrogen-bond acceptors (Lipinski definition) is 5. The van der Waals surface area contributed by atoms with E-state index in [1.54, 1.807) is 0 Å². The summed E-state index contributed by atoms with van der Waals surface area (Å²) in [5.74, 6) is 0.907. The highest BCUT2D eigenvalue weighted by molar-refractivity contribution is 5.38. The van der Waals surface area contributed by atoms with Crippen LogP contribution in [0.3, 0.4) is 0 Å². The van der Waals surface area contributed by atoms with Gasteiger partial charge < -0.3 is 10.2 Å². The van der Waals surface area contributed by atoms with Crippen LogP contribution in [-0.4, -0.2) is 28.3 Å². The Hall–Kier alpha value is -2.01. The smallest absolute Gasteiger partial charge is 0.151 e. The van der Waals surface area contributed by atoms with Crippen molar-refractivity contribution in [2.75, 3.05) is 18.0 Å². The first-order valence-corrected chi connectivity index (χ1v) is 7.00. The highest BCUT2D eigenvalue weighted by Gasteiger charge is 2.07. The second kappa shape index (κ2) is 7.55. The van der Waals surface area contributed by atoms with Crippen molar-refractivity contribution in [3.05, 3.63) is 47.9 Å². The molecule has 1 N–H and O–H groups in total. The van der Waals surface area contributed by atoms with Gasteiger partial charge >= 0.3 is 0 Å². The molecule has 0 fully saturated rings. The van der Waals surface area contributed by atoms with E-state index < -0.39 is 0 Å². The monoisotopic (exact) mass is 271 g/mol. The number of hydrogen-bond donors (Lipinski definition) is 1. The number of aromatic nitrogens is 3. The highest BCUT2D eigenvalue weighted by atomic mass is 15.3. The zero-order valence-corrected chi connectivity index (χ0v) is 12.1. The maximum Gasteiger partial charge on any atom is 0.151 e. The van der Waals surface area contributed by atoms with Crippen molar-refractivity contribution in [2.24, 2.45) is 0 Å². The Labute approximate surface area is 120 Å². The fourth-order valence-corrected chi connectivity index (χ4v) is 1.93. The van der Waals surface area contributed by atoms with Crippen molar-refractivity contribution in [3.63, 3.8) is 0 Å². The van der Waals surface area contributed by atoms with Gasteiger partial charge in [0.25, 0.3) is 0 Å². The van der Waals surface area contributed by atoms with Gasteiger partial charge in [0.1, 0.15) is 0 Å². The second-order valence-electron chi connectivity index (χ2n) is 4.53. The van der Waals surface area contributed by atoms with Gasteiger partial charge in [-0.2, -0.15) is 5.10 Å². The van der Waals surface area contributed by atoms with Crippen molar-refractivity contribution in [1.82, 2.24) is 20.5 Å². The summed E-state index contributed by atoms with van der Waals surface area (Å²) in [6.07, 6.45) is 3.63. The molecule has 0 amide bonds. The Morgan fingerprint density at radius 1 is 1.05 bits per heavy atom. The molecule has 20 heavy (non-hydrogen) atoms. The number of nitrogens with zero attached hydrogens (tertiary/aromatic N) is 4. The third-order valence-electron chi connectivity index (χ3n) is 3.09. The molecular weight excluding hydrogens is 250 g/mol. The molecule has 0 aliphatic carbocycles. The van der Waals surface area contributed by atoms with Gasteiger partial charge in [0.05, 0.1) is 5.69 Å². The van der Waals surface area contributed by atoms with Crippen LogP contribution in [-0.2, 0) is 13.1 Å². The average molecular weight is 271 g/mol. The topological polar surface area (TPSA) is 53.9 Å². The van der Waals surface area contributed by atoms with Gasteiger partial charge in [-0.15, -0.1) is 5.10 Å². The first kappa shape index (κ1) is 14.4. The highest BCUT2D eigenvalue weighted by Crippen LogP contribution is 2.13. The van der Waals surface area contributed by atoms with Crippen LogP contribution in [0.15, 0.2) is 36.7 Å². The molecule has 2 rings (SSSR count). The lowest BCUT2D eigenvalue weighted by Gasteiger charge is -2.21. The van der Waals surface area contributed by atoms with E-state index in [2.05, 4.69) is 39.2 Å². The molecule has 2 aromatic rings. The quantitative estimate of drug-likeness (QED) is 0.835. The molecule has 2 heterocycles. The second-order valence-corrected chi connectivity index (χ2v) is 4.53. The van der Waals surface area contributed by atoms with Gasteiger partial charge in [-0.1, -0.05) is 6.92 Å². The van der Waals surface area contributed by atoms with Crippen LogP contribution < -0.4 is 10.2 Å². The minimum Gasteiger partial charge on any atom is -0.351 e. The van der Waals surface area contributed by atoms with Crippen molar-refractivity contribution >= 4 is 5.82 Å². The standard InChI is InChI=1S/C15H21N5/c1-3-16-11-14-5-6-15(19-18-14)20(4-2)12-13-7-9-17-10-8-13/h5-10,16H,3-4,11-12H2,1-2H3. The summed E-state index contributed by atoms with van der Waals surface area (Å²) < 4.78 is 0. The molecule has 0 spiro atoms. The number of pyridine rings is 1. The number of nitrogens with one attached hydrogen (secondary N) is 1. The first-order chi connectivity index (χ1) is 9.83. The van der Waals surface area contributed by atoms with Gasteiger partial charge in [0, 0.05) is 32.0 Å². The molecule has 0 aliphatic heterocycles. The third-order valence-corrected chi connectivity index (χ3v) is 3.09. The van der Waals surface area contributed by atoms with Crippen LogP contribution in [0, 0.1) is 0 Å². The maximum absolute atomic E-state index is 4.32. The van der Waals surface area contributed by atoms with Crippen LogP contribution in [0.1, 0.15) is 25.1 Å². The fourth-order valence-electron chi connectivity index (χ4n) is 1.93. The van der Waals surface area contributed by atoms with Crippen LogP contribution >= 0.6 is 0 Å². The van der Waals surface area contributed by atoms with Crippen molar-refractivity contribution < 1.29 is 0 Å². The average Bonchev–Trinajstić information content (AvgIpc) is 2.52. The van der Waals surface area contributed by atoms with Crippen molar-refractivity contribution in [3.8, 4) is 0 Å². The van der Waals surface area contributed by atoms with E-state index in [1.165, 1.54) is 5.56 Å². The van der Waals surface area contributed by atoms with Gasteiger partial charge in [-0.3, -0.25) is 4.98 Å². The molecule has 0 saturated heterocycles. The van der Waals surface area contributed by atoms with Crippen molar-refractivity contribution in [2.45, 2.75) is 26.9 Å². The number of anilines is 1. The van der Waals surface area contributed by atoms with Gasteiger partial charge in [-0.05, 0) is 43.3 Å². The summed E-state index contributed by atoms with van der Waals surface area (Å²) in [6, 6.07) is 8.11. The summed E-state index contributed by atoms with van der Waals surface area (Å²) in [4.78, 5) is 6.23. The van der Waals surface area contributed by atoms with E-state index in [9.17, 15) is 0 Å². The minimum absolute atomic E-state index is 0.764. The summed E-state index contributed by atoms with van der Waals surface area (Å²) in [5.41, 5.74) is 2.19. The SMILES string of the molecule is CCNCc1ccc(N(CC)Cc2ccncc2)nn1. The van der Waals surface area contributed by atoms with Gasteiger partial charge in [-0.25, -0.2) is 0 Å². The molecule has 2 aromatic heterocycles. The van der Waals surface area contributed by atoms with E-state index >= 15 is 0 Å². The molecular formula is C15H21N5. The molecule has 0 radical (unpaired) electrons. The zero-order chi connectivity index (χ0) is 14.2. The molecule has 0 saturated carbocycles. The van der Waals surface area contributed by atoms with E-state index in [1.807, 2.05) is 36.7 Å². The molecule has 106 valence electrons. The predicted molar refractivity (Wildman–Crippen MR) is 80.4 cm³/mol. The summed E-state index contributed by atoms with van der Waals surface area (Å²) >= 11 is 0. The van der Waals surface area contributed by atoms with Crippen LogP contribution in [0.5, 0.6) is 0 Å². The molecule has 0 atom stereocenters.